The number of halogens is 3. The van der Waals surface area contributed by atoms with Crippen LogP contribution in [0.25, 0.3) is 21.2 Å². The zero-order chi connectivity index (χ0) is 21.3. The molecule has 0 bridgehead atoms. The lowest BCUT2D eigenvalue weighted by molar-refractivity contribution is 0.107. The third-order valence-electron chi connectivity index (χ3n) is 4.31. The maximum absolute atomic E-state index is 14.3. The van der Waals surface area contributed by atoms with Crippen LogP contribution in [-0.4, -0.2) is 17.3 Å². The number of benzene rings is 2. The predicted octanol–water partition coefficient (Wildman–Crippen LogP) is 6.41. The van der Waals surface area contributed by atoms with E-state index in [0.29, 0.717) is 27.6 Å². The number of hydrogen-bond donors (Lipinski definition) is 0. The first kappa shape index (κ1) is 20.9. The summed E-state index contributed by atoms with van der Waals surface area (Å²) in [5.41, 5.74) is 1.54. The number of fused-ring (bicyclic) bond motifs is 1. The van der Waals surface area contributed by atoms with Gasteiger partial charge in [-0.15, -0.1) is 22.7 Å². The van der Waals surface area contributed by atoms with Crippen molar-refractivity contribution in [2.24, 2.45) is 0 Å². The van der Waals surface area contributed by atoms with E-state index in [1.54, 1.807) is 42.8 Å². The molecule has 0 amide bonds. The number of hydrogen-bond acceptors (Lipinski definition) is 6. The normalized spacial score (nSPS) is 11.2. The maximum Gasteiger partial charge on any atom is 0.271 e. The molecule has 2 heterocycles. The van der Waals surface area contributed by atoms with Crippen LogP contribution in [0.5, 0.6) is 5.75 Å². The molecule has 154 valence electrons. The molecule has 0 N–H and O–H groups in total. The van der Waals surface area contributed by atoms with E-state index in [1.807, 2.05) is 0 Å². The molecule has 0 fully saturated rings. The van der Waals surface area contributed by atoms with Crippen LogP contribution < -0.4 is 4.74 Å². The summed E-state index contributed by atoms with van der Waals surface area (Å²) in [5.74, 6) is -1.17. The SMILES string of the molecule is COCc1cc2c(F)c(F)cc(-c3ccc(OCc4nc(C(=O)Cl)cs4)cc3)c2s1. The van der Waals surface area contributed by atoms with Crippen molar-refractivity contribution in [3.8, 4) is 16.9 Å². The van der Waals surface area contributed by atoms with Gasteiger partial charge in [0.25, 0.3) is 5.24 Å². The van der Waals surface area contributed by atoms with E-state index in [-0.39, 0.29) is 17.7 Å². The number of aromatic nitrogens is 1. The Balaban J connectivity index is 1.58. The summed E-state index contributed by atoms with van der Waals surface area (Å²) in [5, 5.41) is 1.83. The highest BCUT2D eigenvalue weighted by Crippen LogP contribution is 2.38. The summed E-state index contributed by atoms with van der Waals surface area (Å²) < 4.78 is 39.9. The molecular weight excluding hydrogens is 452 g/mol. The second-order valence-corrected chi connectivity index (χ2v) is 8.74. The predicted molar refractivity (Wildman–Crippen MR) is 115 cm³/mol. The third-order valence-corrected chi connectivity index (χ3v) is 6.47. The van der Waals surface area contributed by atoms with Gasteiger partial charge in [0.1, 0.15) is 23.1 Å². The summed E-state index contributed by atoms with van der Waals surface area (Å²) in [6.07, 6.45) is 0. The van der Waals surface area contributed by atoms with Crippen molar-refractivity contribution < 1.29 is 23.0 Å². The summed E-state index contributed by atoms with van der Waals surface area (Å²) in [4.78, 5) is 16.0. The van der Waals surface area contributed by atoms with Crippen LogP contribution in [-0.2, 0) is 18.0 Å². The van der Waals surface area contributed by atoms with E-state index in [2.05, 4.69) is 4.98 Å². The molecule has 4 nitrogen and oxygen atoms in total. The zero-order valence-corrected chi connectivity index (χ0v) is 18.0. The second-order valence-electron chi connectivity index (χ2n) is 6.32. The van der Waals surface area contributed by atoms with Gasteiger partial charge in [0.15, 0.2) is 11.6 Å². The first-order valence-corrected chi connectivity index (χ1v) is 10.8. The van der Waals surface area contributed by atoms with Gasteiger partial charge in [-0.05, 0) is 41.4 Å². The monoisotopic (exact) mass is 465 g/mol. The first-order chi connectivity index (χ1) is 14.5. The lowest BCUT2D eigenvalue weighted by Gasteiger charge is -2.08. The van der Waals surface area contributed by atoms with E-state index in [4.69, 9.17) is 21.1 Å². The Morgan fingerprint density at radius 1 is 1.17 bits per heavy atom. The number of carbonyl (C=O) groups is 1. The molecule has 0 aliphatic rings. The van der Waals surface area contributed by atoms with Gasteiger partial charge in [-0.3, -0.25) is 4.79 Å². The first-order valence-electron chi connectivity index (χ1n) is 8.73. The molecule has 2 aromatic carbocycles. The number of carbonyl (C=O) groups excluding carboxylic acids is 1. The van der Waals surface area contributed by atoms with Crippen molar-refractivity contribution in [3.63, 3.8) is 0 Å². The fourth-order valence-corrected chi connectivity index (χ4v) is 4.97. The van der Waals surface area contributed by atoms with Gasteiger partial charge in [0.05, 0.1) is 6.61 Å². The fourth-order valence-electron chi connectivity index (χ4n) is 2.96. The third kappa shape index (κ3) is 4.22. The summed E-state index contributed by atoms with van der Waals surface area (Å²) in [6, 6.07) is 9.89. The van der Waals surface area contributed by atoms with Gasteiger partial charge in [0.2, 0.25) is 0 Å². The molecule has 0 radical (unpaired) electrons. The Morgan fingerprint density at radius 2 is 1.93 bits per heavy atom. The van der Waals surface area contributed by atoms with Crippen LogP contribution in [0.15, 0.2) is 41.8 Å². The Morgan fingerprint density at radius 3 is 2.60 bits per heavy atom. The summed E-state index contributed by atoms with van der Waals surface area (Å²) in [6.45, 7) is 0.523. The van der Waals surface area contributed by atoms with Gasteiger partial charge >= 0.3 is 0 Å². The molecule has 0 unspecified atom stereocenters. The van der Waals surface area contributed by atoms with Crippen molar-refractivity contribution in [2.75, 3.05) is 7.11 Å². The largest absolute Gasteiger partial charge is 0.486 e. The standard InChI is InChI=1S/C21H14ClF2NO3S2/c1-27-8-13-6-15-19(24)16(23)7-14(20(15)30-13)11-2-4-12(5-3-11)28-9-18-25-17(10-29-18)21(22)26/h2-7,10H,8-9H2,1H3. The van der Waals surface area contributed by atoms with Crippen LogP contribution in [0, 0.1) is 11.6 Å². The molecule has 0 saturated carbocycles. The van der Waals surface area contributed by atoms with Gasteiger partial charge in [-0.2, -0.15) is 0 Å². The van der Waals surface area contributed by atoms with Crippen LogP contribution in [0.3, 0.4) is 0 Å². The zero-order valence-electron chi connectivity index (χ0n) is 15.6. The lowest BCUT2D eigenvalue weighted by atomic mass is 10.0. The molecule has 0 saturated heterocycles. The molecule has 0 atom stereocenters. The molecular formula is C21H14ClF2NO3S2. The van der Waals surface area contributed by atoms with Crippen molar-refractivity contribution in [3.05, 3.63) is 69.0 Å². The molecule has 4 rings (SSSR count). The number of ether oxygens (including phenoxy) is 2. The summed E-state index contributed by atoms with van der Waals surface area (Å²) >= 11 is 8.05. The van der Waals surface area contributed by atoms with E-state index in [0.717, 1.165) is 10.4 Å². The molecule has 0 aliphatic heterocycles. The highest BCUT2D eigenvalue weighted by Gasteiger charge is 2.17. The number of rotatable bonds is 7. The highest BCUT2D eigenvalue weighted by molar-refractivity contribution is 7.19. The van der Waals surface area contributed by atoms with Crippen LogP contribution in [0.1, 0.15) is 20.4 Å². The van der Waals surface area contributed by atoms with Crippen molar-refractivity contribution in [1.82, 2.24) is 4.98 Å². The molecule has 4 aromatic rings. The molecule has 2 aromatic heterocycles. The van der Waals surface area contributed by atoms with Crippen molar-refractivity contribution >= 4 is 49.6 Å². The number of thiazole rings is 1. The lowest BCUT2D eigenvalue weighted by Crippen LogP contribution is -1.96. The maximum atomic E-state index is 14.3. The average Bonchev–Trinajstić information content (AvgIpc) is 3.37. The topological polar surface area (TPSA) is 48.4 Å². The highest BCUT2D eigenvalue weighted by atomic mass is 35.5. The molecule has 9 heteroatoms. The minimum atomic E-state index is -0.895. The van der Waals surface area contributed by atoms with Gasteiger partial charge in [-0.25, -0.2) is 13.8 Å². The fraction of sp³-hybridized carbons (Fsp3) is 0.143. The van der Waals surface area contributed by atoms with E-state index in [1.165, 1.54) is 28.7 Å². The average molecular weight is 466 g/mol. The summed E-state index contributed by atoms with van der Waals surface area (Å²) in [7, 11) is 1.56. The molecule has 30 heavy (non-hydrogen) atoms. The van der Waals surface area contributed by atoms with E-state index < -0.39 is 16.9 Å². The quantitative estimate of drug-likeness (QED) is 0.296. The number of methoxy groups -OCH3 is 1. The van der Waals surface area contributed by atoms with Crippen molar-refractivity contribution in [1.29, 1.82) is 0 Å². The van der Waals surface area contributed by atoms with Gasteiger partial charge in [0, 0.05) is 33.0 Å². The minimum Gasteiger partial charge on any atom is -0.486 e. The second kappa shape index (κ2) is 8.77. The Bertz CT molecular complexity index is 1220. The van der Waals surface area contributed by atoms with E-state index >= 15 is 0 Å². The van der Waals surface area contributed by atoms with Gasteiger partial charge in [-0.1, -0.05) is 12.1 Å². The Kier molecular flexibility index (Phi) is 6.10. The molecule has 0 aliphatic carbocycles. The number of thiophene rings is 1. The number of nitrogens with zero attached hydrogens (tertiary/aromatic N) is 1. The Hall–Kier alpha value is -2.39. The Labute approximate surface area is 183 Å². The van der Waals surface area contributed by atoms with Crippen LogP contribution in [0.2, 0.25) is 0 Å². The van der Waals surface area contributed by atoms with Crippen LogP contribution in [0.4, 0.5) is 8.78 Å². The smallest absolute Gasteiger partial charge is 0.271 e. The molecule has 0 spiro atoms. The van der Waals surface area contributed by atoms with E-state index in [9.17, 15) is 13.6 Å². The van der Waals surface area contributed by atoms with Gasteiger partial charge < -0.3 is 9.47 Å². The van der Waals surface area contributed by atoms with Crippen LogP contribution >= 0.6 is 34.3 Å². The minimum absolute atomic E-state index is 0.189. The van der Waals surface area contributed by atoms with Crippen molar-refractivity contribution in [2.45, 2.75) is 13.2 Å².